The zero-order valence-corrected chi connectivity index (χ0v) is 12.9. The Bertz CT molecular complexity index is 363. The molecule has 0 spiro atoms. The lowest BCUT2D eigenvalue weighted by atomic mass is 9.75. The van der Waals surface area contributed by atoms with Crippen LogP contribution in [0.25, 0.3) is 0 Å². The monoisotopic (exact) mass is 260 g/mol. The smallest absolute Gasteiger partial charge is 0.0694 e. The zero-order valence-electron chi connectivity index (χ0n) is 12.9. The van der Waals surface area contributed by atoms with Crippen LogP contribution in [0.1, 0.15) is 47.0 Å². The van der Waals surface area contributed by atoms with Crippen molar-refractivity contribution in [1.29, 1.82) is 5.26 Å². The Kier molecular flexibility index (Phi) is 8.91. The normalized spacial score (nSPS) is 18.4. The molecule has 106 valence electrons. The van der Waals surface area contributed by atoms with Gasteiger partial charge in [0, 0.05) is 0 Å². The number of nitrogens with one attached hydrogen (secondary N) is 1. The van der Waals surface area contributed by atoms with E-state index in [1.807, 2.05) is 33.8 Å². The maximum absolute atomic E-state index is 9.42. The van der Waals surface area contributed by atoms with Crippen molar-refractivity contribution in [2.45, 2.75) is 47.0 Å². The number of piperidine rings is 1. The average molecular weight is 260 g/mol. The fraction of sp³-hybridized carbons (Fsp3) is 0.588. The van der Waals surface area contributed by atoms with Crippen molar-refractivity contribution in [1.82, 2.24) is 5.32 Å². The molecule has 2 nitrogen and oxygen atoms in total. The molecular weight excluding hydrogens is 232 g/mol. The van der Waals surface area contributed by atoms with Crippen molar-refractivity contribution in [2.75, 3.05) is 13.1 Å². The molecule has 0 unspecified atom stereocenters. The Morgan fingerprint density at radius 1 is 1.32 bits per heavy atom. The SMILES string of the molecule is C=C(C)/C=C\C(=C/C)CC1(C#N)CCNCC1.CC. The van der Waals surface area contributed by atoms with E-state index >= 15 is 0 Å². The molecule has 1 aliphatic heterocycles. The van der Waals surface area contributed by atoms with E-state index in [-0.39, 0.29) is 5.41 Å². The highest BCUT2D eigenvalue weighted by Gasteiger charge is 2.32. The standard InChI is InChI=1S/C15H22N2.C2H6/c1-4-14(6-5-13(2)3)11-15(12-16)7-9-17-10-8-15;1-2/h4-6,17H,2,7-11H2,1,3H3;1-2H3/b6-5-,14-4+;. The Hall–Kier alpha value is -1.33. The summed E-state index contributed by atoms with van der Waals surface area (Å²) in [7, 11) is 0. The van der Waals surface area contributed by atoms with Gasteiger partial charge in [-0.15, -0.1) is 0 Å². The largest absolute Gasteiger partial charge is 0.317 e. The number of hydrogen-bond donors (Lipinski definition) is 1. The molecule has 0 amide bonds. The Balaban J connectivity index is 0.00000154. The van der Waals surface area contributed by atoms with Gasteiger partial charge in [-0.25, -0.2) is 0 Å². The molecule has 0 aliphatic carbocycles. The summed E-state index contributed by atoms with van der Waals surface area (Å²) in [4.78, 5) is 0. The minimum absolute atomic E-state index is 0.174. The third-order valence-corrected chi connectivity index (χ3v) is 3.29. The van der Waals surface area contributed by atoms with E-state index in [1.165, 1.54) is 5.57 Å². The zero-order chi connectivity index (χ0) is 14.7. The molecule has 0 atom stereocenters. The van der Waals surface area contributed by atoms with Crippen LogP contribution in [-0.4, -0.2) is 13.1 Å². The van der Waals surface area contributed by atoms with Gasteiger partial charge in [0.25, 0.3) is 0 Å². The first-order valence-corrected chi connectivity index (χ1v) is 7.23. The minimum Gasteiger partial charge on any atom is -0.317 e. The van der Waals surface area contributed by atoms with Gasteiger partial charge in [0.15, 0.2) is 0 Å². The van der Waals surface area contributed by atoms with E-state index in [4.69, 9.17) is 0 Å². The van der Waals surface area contributed by atoms with E-state index in [1.54, 1.807) is 0 Å². The number of rotatable bonds is 4. The van der Waals surface area contributed by atoms with Crippen molar-refractivity contribution in [3.05, 3.63) is 36.0 Å². The number of nitrogens with zero attached hydrogens (tertiary/aromatic N) is 1. The van der Waals surface area contributed by atoms with E-state index in [0.717, 1.165) is 37.9 Å². The van der Waals surface area contributed by atoms with Crippen LogP contribution in [0.3, 0.4) is 0 Å². The molecule has 1 saturated heterocycles. The van der Waals surface area contributed by atoms with Crippen LogP contribution in [0.4, 0.5) is 0 Å². The molecule has 0 aromatic rings. The van der Waals surface area contributed by atoms with Crippen molar-refractivity contribution in [3.63, 3.8) is 0 Å². The topological polar surface area (TPSA) is 35.8 Å². The second kappa shape index (κ2) is 9.58. The van der Waals surface area contributed by atoms with Crippen LogP contribution in [0.5, 0.6) is 0 Å². The molecule has 0 radical (unpaired) electrons. The summed E-state index contributed by atoms with van der Waals surface area (Å²) >= 11 is 0. The van der Waals surface area contributed by atoms with Crippen LogP contribution in [0.15, 0.2) is 36.0 Å². The molecule has 1 rings (SSSR count). The minimum atomic E-state index is -0.174. The van der Waals surface area contributed by atoms with E-state index in [0.29, 0.717) is 0 Å². The summed E-state index contributed by atoms with van der Waals surface area (Å²) in [5, 5.41) is 12.7. The summed E-state index contributed by atoms with van der Waals surface area (Å²) < 4.78 is 0. The summed E-state index contributed by atoms with van der Waals surface area (Å²) in [6.07, 6.45) is 8.94. The molecule has 1 heterocycles. The first kappa shape index (κ1) is 17.7. The van der Waals surface area contributed by atoms with Crippen molar-refractivity contribution in [2.24, 2.45) is 5.41 Å². The lowest BCUT2D eigenvalue weighted by Gasteiger charge is -2.31. The number of hydrogen-bond acceptors (Lipinski definition) is 2. The predicted octanol–water partition coefficient (Wildman–Crippen LogP) is 4.37. The van der Waals surface area contributed by atoms with E-state index in [9.17, 15) is 5.26 Å². The predicted molar refractivity (Wildman–Crippen MR) is 83.8 cm³/mol. The van der Waals surface area contributed by atoms with Gasteiger partial charge in [0.05, 0.1) is 11.5 Å². The van der Waals surface area contributed by atoms with Crippen LogP contribution < -0.4 is 5.32 Å². The van der Waals surface area contributed by atoms with Gasteiger partial charge in [0.1, 0.15) is 0 Å². The second-order valence-electron chi connectivity index (χ2n) is 4.86. The van der Waals surface area contributed by atoms with Crippen LogP contribution in [0.2, 0.25) is 0 Å². The van der Waals surface area contributed by atoms with Gasteiger partial charge in [-0.05, 0) is 46.2 Å². The Morgan fingerprint density at radius 3 is 2.32 bits per heavy atom. The van der Waals surface area contributed by atoms with Crippen molar-refractivity contribution < 1.29 is 0 Å². The van der Waals surface area contributed by atoms with Gasteiger partial charge in [0.2, 0.25) is 0 Å². The number of nitriles is 1. The summed E-state index contributed by atoms with van der Waals surface area (Å²) in [6.45, 7) is 13.8. The van der Waals surface area contributed by atoms with Crippen LogP contribution >= 0.6 is 0 Å². The second-order valence-corrected chi connectivity index (χ2v) is 4.86. The molecule has 2 heteroatoms. The first-order chi connectivity index (χ1) is 9.12. The molecular formula is C17H28N2. The highest BCUT2D eigenvalue weighted by atomic mass is 14.9. The fourth-order valence-electron chi connectivity index (χ4n) is 2.13. The molecule has 0 saturated carbocycles. The Morgan fingerprint density at radius 2 is 1.89 bits per heavy atom. The van der Waals surface area contributed by atoms with Gasteiger partial charge in [-0.1, -0.05) is 49.8 Å². The first-order valence-electron chi connectivity index (χ1n) is 7.23. The fourth-order valence-corrected chi connectivity index (χ4v) is 2.13. The van der Waals surface area contributed by atoms with Crippen molar-refractivity contribution >= 4 is 0 Å². The highest BCUT2D eigenvalue weighted by molar-refractivity contribution is 5.27. The van der Waals surface area contributed by atoms with Crippen LogP contribution in [-0.2, 0) is 0 Å². The summed E-state index contributed by atoms with van der Waals surface area (Å²) in [5.74, 6) is 0. The number of allylic oxidation sites excluding steroid dienone is 5. The van der Waals surface area contributed by atoms with Crippen molar-refractivity contribution in [3.8, 4) is 6.07 Å². The third kappa shape index (κ3) is 6.40. The Labute approximate surface area is 118 Å². The summed E-state index contributed by atoms with van der Waals surface area (Å²) in [5.41, 5.74) is 2.10. The quantitative estimate of drug-likeness (QED) is 0.762. The summed E-state index contributed by atoms with van der Waals surface area (Å²) in [6, 6.07) is 2.53. The van der Waals surface area contributed by atoms with Gasteiger partial charge < -0.3 is 5.32 Å². The maximum Gasteiger partial charge on any atom is 0.0694 e. The van der Waals surface area contributed by atoms with Gasteiger partial charge in [-0.2, -0.15) is 5.26 Å². The lowest BCUT2D eigenvalue weighted by molar-refractivity contribution is 0.281. The maximum atomic E-state index is 9.42. The lowest BCUT2D eigenvalue weighted by Crippen LogP contribution is -2.36. The van der Waals surface area contributed by atoms with Gasteiger partial charge >= 0.3 is 0 Å². The molecule has 1 N–H and O–H groups in total. The average Bonchev–Trinajstić information content (AvgIpc) is 2.46. The van der Waals surface area contributed by atoms with E-state index in [2.05, 4.69) is 30.1 Å². The molecule has 1 fully saturated rings. The molecule has 0 aromatic heterocycles. The van der Waals surface area contributed by atoms with E-state index < -0.39 is 0 Å². The molecule has 0 aromatic carbocycles. The van der Waals surface area contributed by atoms with Crippen LogP contribution in [0, 0.1) is 16.7 Å². The molecule has 19 heavy (non-hydrogen) atoms. The third-order valence-electron chi connectivity index (χ3n) is 3.29. The molecule has 0 bridgehead atoms. The highest BCUT2D eigenvalue weighted by Crippen LogP contribution is 2.35. The molecule has 1 aliphatic rings. The van der Waals surface area contributed by atoms with Gasteiger partial charge in [-0.3, -0.25) is 0 Å².